The van der Waals surface area contributed by atoms with Crippen LogP contribution in [-0.2, 0) is 19.7 Å². The van der Waals surface area contributed by atoms with E-state index in [4.69, 9.17) is 0 Å². The summed E-state index contributed by atoms with van der Waals surface area (Å²) in [5, 5.41) is 0. The van der Waals surface area contributed by atoms with Crippen molar-refractivity contribution in [1.82, 2.24) is 0 Å². The molecule has 0 amide bonds. The van der Waals surface area contributed by atoms with Gasteiger partial charge in [-0.1, -0.05) is 59.3 Å². The Morgan fingerprint density at radius 2 is 0.923 bits per heavy atom. The second kappa shape index (κ2) is 16.1. The molecule has 0 aromatic heterocycles. The van der Waals surface area contributed by atoms with Gasteiger partial charge in [0.15, 0.2) is 0 Å². The number of sulfone groups is 2. The maximum absolute atomic E-state index is 13.2. The van der Waals surface area contributed by atoms with Crippen LogP contribution in [0.3, 0.4) is 0 Å². The molecule has 0 bridgehead atoms. The topological polar surface area (TPSA) is 68.3 Å². The standard InChI is InChI=1S/C13H30N.C12H22F6NO4S2/c1-5-7-8-9-10-11-12-13-14(3,4)6-2;1-5-7-8-10(19(3,4)9-6-2,24(20,21)11(13,14)15)25(22,23)12(16,17)18/h5-13H2,1-4H3;5-9H2,1-4H3/q2*+1. The van der Waals surface area contributed by atoms with Crippen LogP contribution in [-0.4, -0.2) is 88.8 Å². The van der Waals surface area contributed by atoms with Crippen LogP contribution in [0.1, 0.15) is 98.3 Å². The fourth-order valence-corrected chi connectivity index (χ4v) is 9.27. The van der Waals surface area contributed by atoms with Crippen molar-refractivity contribution in [1.29, 1.82) is 0 Å². The predicted molar refractivity (Wildman–Crippen MR) is 145 cm³/mol. The minimum atomic E-state index is -6.73. The zero-order valence-corrected chi connectivity index (χ0v) is 26.6. The lowest BCUT2D eigenvalue weighted by Gasteiger charge is -2.46. The average Bonchev–Trinajstić information content (AvgIpc) is 2.77. The molecule has 0 unspecified atom stereocenters. The van der Waals surface area contributed by atoms with E-state index in [1.54, 1.807) is 0 Å². The Balaban J connectivity index is 0. The largest absolute Gasteiger partial charge is 0.504 e. The lowest BCUT2D eigenvalue weighted by molar-refractivity contribution is -0.912. The molecule has 0 radical (unpaired) electrons. The smallest absolute Gasteiger partial charge is 0.329 e. The van der Waals surface area contributed by atoms with E-state index >= 15 is 0 Å². The van der Waals surface area contributed by atoms with Gasteiger partial charge in [0, 0.05) is 6.42 Å². The summed E-state index contributed by atoms with van der Waals surface area (Å²) in [6.45, 7) is 9.44. The summed E-state index contributed by atoms with van der Waals surface area (Å²) in [5.74, 6) is 0. The number of alkyl halides is 6. The van der Waals surface area contributed by atoms with E-state index in [2.05, 4.69) is 27.9 Å². The van der Waals surface area contributed by atoms with Gasteiger partial charge >= 0.3 is 34.9 Å². The van der Waals surface area contributed by atoms with Crippen molar-refractivity contribution in [3.05, 3.63) is 0 Å². The first kappa shape index (κ1) is 40.5. The van der Waals surface area contributed by atoms with Crippen molar-refractivity contribution in [2.75, 3.05) is 47.8 Å². The molecule has 39 heavy (non-hydrogen) atoms. The van der Waals surface area contributed by atoms with Crippen molar-refractivity contribution in [3.8, 4) is 0 Å². The van der Waals surface area contributed by atoms with E-state index in [-0.39, 0.29) is 12.8 Å². The van der Waals surface area contributed by atoms with E-state index in [1.807, 2.05) is 0 Å². The molecule has 0 saturated heterocycles. The van der Waals surface area contributed by atoms with Crippen LogP contribution in [0.5, 0.6) is 0 Å². The minimum absolute atomic E-state index is 0.00856. The Labute approximate surface area is 233 Å². The highest BCUT2D eigenvalue weighted by molar-refractivity contribution is 8.10. The summed E-state index contributed by atoms with van der Waals surface area (Å²) < 4.78 is 124. The summed E-state index contributed by atoms with van der Waals surface area (Å²) in [6.07, 6.45) is 8.20. The monoisotopic (exact) mass is 622 g/mol. The van der Waals surface area contributed by atoms with Crippen molar-refractivity contribution >= 4 is 19.7 Å². The van der Waals surface area contributed by atoms with Gasteiger partial charge in [0.2, 0.25) is 0 Å². The first-order valence-electron chi connectivity index (χ1n) is 13.8. The minimum Gasteiger partial charge on any atom is -0.329 e. The number of quaternary nitrogens is 2. The van der Waals surface area contributed by atoms with Crippen LogP contribution < -0.4 is 0 Å². The van der Waals surface area contributed by atoms with Gasteiger partial charge in [-0.05, 0) is 32.6 Å². The Kier molecular flexibility index (Phi) is 16.8. The van der Waals surface area contributed by atoms with Crippen LogP contribution in [0, 0.1) is 0 Å². The van der Waals surface area contributed by atoms with Crippen LogP contribution >= 0.6 is 0 Å². The van der Waals surface area contributed by atoms with Gasteiger partial charge in [0.1, 0.15) is 0 Å². The molecule has 14 heteroatoms. The Morgan fingerprint density at radius 1 is 0.538 bits per heavy atom. The van der Waals surface area contributed by atoms with E-state index in [9.17, 15) is 43.2 Å². The van der Waals surface area contributed by atoms with Crippen LogP contribution in [0.4, 0.5) is 26.3 Å². The SMILES string of the molecule is CCCCC([N+](C)(C)CCC)(S(=O)(=O)C(F)(F)F)S(=O)(=O)C(F)(F)F.CCCCCCCCC[N+](C)(C)CC. The number of hydrogen-bond acceptors (Lipinski definition) is 4. The third-order valence-electron chi connectivity index (χ3n) is 7.22. The van der Waals surface area contributed by atoms with Crippen molar-refractivity contribution in [3.63, 3.8) is 0 Å². The third-order valence-corrected chi connectivity index (χ3v) is 12.8. The lowest BCUT2D eigenvalue weighted by Crippen LogP contribution is -2.72. The molecule has 0 saturated carbocycles. The normalized spacial score (nSPS) is 14.2. The first-order valence-corrected chi connectivity index (χ1v) is 16.7. The molecule has 0 aliphatic rings. The zero-order chi connectivity index (χ0) is 31.4. The van der Waals surface area contributed by atoms with Crippen LogP contribution in [0.15, 0.2) is 0 Å². The van der Waals surface area contributed by atoms with E-state index in [1.165, 1.54) is 76.4 Å². The molecule has 0 N–H and O–H groups in total. The van der Waals surface area contributed by atoms with Crippen LogP contribution in [0.25, 0.3) is 0 Å². The molecule has 0 aromatic rings. The quantitative estimate of drug-likeness (QED) is 0.0994. The second-order valence-electron chi connectivity index (χ2n) is 11.2. The van der Waals surface area contributed by atoms with Crippen molar-refractivity contribution in [2.24, 2.45) is 0 Å². The van der Waals surface area contributed by atoms with Gasteiger partial charge in [0.05, 0.1) is 47.8 Å². The van der Waals surface area contributed by atoms with Gasteiger partial charge in [-0.2, -0.15) is 26.3 Å². The molecule has 0 aliphatic carbocycles. The lowest BCUT2D eigenvalue weighted by atomic mass is 10.1. The van der Waals surface area contributed by atoms with Crippen molar-refractivity contribution in [2.45, 2.75) is 114 Å². The average molecular weight is 623 g/mol. The first-order chi connectivity index (χ1) is 17.5. The molecule has 6 nitrogen and oxygen atoms in total. The highest BCUT2D eigenvalue weighted by Gasteiger charge is 2.79. The fourth-order valence-electron chi connectivity index (χ4n) is 4.51. The predicted octanol–water partition coefficient (Wildman–Crippen LogP) is 7.02. The van der Waals surface area contributed by atoms with E-state index in [0.29, 0.717) is 0 Å². The maximum Gasteiger partial charge on any atom is 0.504 e. The van der Waals surface area contributed by atoms with E-state index < -0.39 is 58.8 Å². The number of hydrogen-bond donors (Lipinski definition) is 0. The molecule has 0 atom stereocenters. The zero-order valence-electron chi connectivity index (χ0n) is 25.0. The Hall–Kier alpha value is -0.600. The van der Waals surface area contributed by atoms with Gasteiger partial charge in [0.25, 0.3) is 0 Å². The summed E-state index contributed by atoms with van der Waals surface area (Å²) in [4.78, 5) is 0. The second-order valence-corrected chi connectivity index (χ2v) is 15.8. The molecule has 0 spiro atoms. The van der Waals surface area contributed by atoms with E-state index in [0.717, 1.165) is 14.1 Å². The number of unbranched alkanes of at least 4 members (excludes halogenated alkanes) is 7. The highest BCUT2D eigenvalue weighted by atomic mass is 32.3. The summed E-state index contributed by atoms with van der Waals surface area (Å²) in [7, 11) is -7.29. The molecule has 0 fully saturated rings. The summed E-state index contributed by atoms with van der Waals surface area (Å²) in [5.41, 5.74) is -12.3. The number of halogens is 6. The van der Waals surface area contributed by atoms with Gasteiger partial charge < -0.3 is 4.48 Å². The maximum atomic E-state index is 13.2. The van der Waals surface area contributed by atoms with Gasteiger partial charge in [-0.15, -0.1) is 0 Å². The summed E-state index contributed by atoms with van der Waals surface area (Å²) in [6, 6.07) is 0. The number of rotatable bonds is 17. The number of nitrogens with zero attached hydrogens (tertiary/aromatic N) is 2. The molecule has 0 aromatic carbocycles. The summed E-state index contributed by atoms with van der Waals surface area (Å²) >= 11 is 0. The third kappa shape index (κ3) is 10.6. The van der Waals surface area contributed by atoms with Crippen molar-refractivity contribution < 1.29 is 52.1 Å². The molecule has 0 heterocycles. The molecule has 0 rings (SSSR count). The molecule has 0 aliphatic heterocycles. The van der Waals surface area contributed by atoms with Gasteiger partial charge in [-0.25, -0.2) is 16.8 Å². The Morgan fingerprint density at radius 3 is 1.26 bits per heavy atom. The molecular formula is C25H52F6N2O4S2+2. The fraction of sp³-hybridized carbons (Fsp3) is 1.00. The highest BCUT2D eigenvalue weighted by Crippen LogP contribution is 2.50. The van der Waals surface area contributed by atoms with Crippen LogP contribution in [0.2, 0.25) is 0 Å². The Bertz CT molecular complexity index is 857. The molecular weight excluding hydrogens is 570 g/mol. The van der Waals surface area contributed by atoms with Gasteiger partial charge in [-0.3, -0.25) is 4.48 Å². The molecule has 238 valence electrons.